The van der Waals surface area contributed by atoms with Crippen LogP contribution in [0.3, 0.4) is 0 Å². The van der Waals surface area contributed by atoms with Crippen molar-refractivity contribution in [2.24, 2.45) is 0 Å². The summed E-state index contributed by atoms with van der Waals surface area (Å²) in [5.74, 6) is 0.259. The highest BCUT2D eigenvalue weighted by Gasteiger charge is 2.24. The van der Waals surface area contributed by atoms with Gasteiger partial charge in [-0.3, -0.25) is 4.72 Å². The predicted octanol–water partition coefficient (Wildman–Crippen LogP) is 4.43. The summed E-state index contributed by atoms with van der Waals surface area (Å²) in [5, 5.41) is 5.33. The molecule has 0 aliphatic rings. The minimum Gasteiger partial charge on any atom is -0.497 e. The number of rotatable bonds is 13. The van der Waals surface area contributed by atoms with E-state index >= 15 is 0 Å². The van der Waals surface area contributed by atoms with Gasteiger partial charge >= 0.3 is 12.2 Å². The fourth-order valence-electron chi connectivity index (χ4n) is 3.30. The van der Waals surface area contributed by atoms with Crippen LogP contribution < -0.4 is 20.1 Å². The van der Waals surface area contributed by atoms with Crippen molar-refractivity contribution in [2.45, 2.75) is 58.3 Å². The number of sulfonamides is 1. The van der Waals surface area contributed by atoms with Gasteiger partial charge in [0.2, 0.25) is 10.0 Å². The van der Waals surface area contributed by atoms with Gasteiger partial charge in [-0.05, 0) is 69.9 Å². The van der Waals surface area contributed by atoms with Crippen LogP contribution in [-0.4, -0.2) is 51.7 Å². The summed E-state index contributed by atoms with van der Waals surface area (Å²) in [6.07, 6.45) is 0.262. The molecule has 0 bridgehead atoms. The van der Waals surface area contributed by atoms with Gasteiger partial charge in [-0.2, -0.15) is 0 Å². The Hall–Kier alpha value is -3.47. The number of carbonyl (C=O) groups excluding carboxylic acids is 2. The van der Waals surface area contributed by atoms with E-state index in [1.807, 2.05) is 30.3 Å². The number of methoxy groups -OCH3 is 1. The maximum Gasteiger partial charge on any atom is 0.407 e. The topological polar surface area (TPSA) is 132 Å². The molecule has 37 heavy (non-hydrogen) atoms. The van der Waals surface area contributed by atoms with Crippen LogP contribution in [0, 0.1) is 0 Å². The van der Waals surface area contributed by atoms with E-state index in [9.17, 15) is 18.0 Å². The largest absolute Gasteiger partial charge is 0.497 e. The Kier molecular flexibility index (Phi) is 11.5. The van der Waals surface area contributed by atoms with Crippen LogP contribution in [0.2, 0.25) is 0 Å². The van der Waals surface area contributed by atoms with E-state index in [4.69, 9.17) is 14.2 Å². The summed E-state index contributed by atoms with van der Waals surface area (Å²) in [4.78, 5) is 24.2. The van der Waals surface area contributed by atoms with E-state index in [0.29, 0.717) is 37.2 Å². The van der Waals surface area contributed by atoms with Gasteiger partial charge in [0.15, 0.2) is 0 Å². The van der Waals surface area contributed by atoms with E-state index < -0.39 is 33.9 Å². The smallest absolute Gasteiger partial charge is 0.407 e. The Morgan fingerprint density at radius 1 is 0.946 bits per heavy atom. The SMILES string of the molecule is COc1ccc(NS(=O)(=O)C[C@H](CCCCNC(=O)OCc2ccccc2)NC(=O)OC(C)(C)C)cc1. The third-order valence-electron chi connectivity index (χ3n) is 4.97. The quantitative estimate of drug-likeness (QED) is 0.323. The zero-order valence-electron chi connectivity index (χ0n) is 21.8. The van der Waals surface area contributed by atoms with Crippen molar-refractivity contribution >= 4 is 27.9 Å². The lowest BCUT2D eigenvalue weighted by atomic mass is 10.1. The lowest BCUT2D eigenvalue weighted by molar-refractivity contribution is 0.0506. The number of amides is 2. The number of hydrogen-bond donors (Lipinski definition) is 3. The number of nitrogens with one attached hydrogen (secondary N) is 3. The summed E-state index contributed by atoms with van der Waals surface area (Å²) in [5.41, 5.74) is 0.548. The standard InChI is InChI=1S/C26H37N3O7S/c1-26(2,3)36-25(31)28-22(19-37(32,33)29-21-13-15-23(34-4)16-14-21)12-8-9-17-27-24(30)35-18-20-10-6-5-7-11-20/h5-7,10-11,13-16,22,29H,8-9,12,17-19H2,1-4H3,(H,27,30)(H,28,31)/t22-/m0/s1. The summed E-state index contributed by atoms with van der Waals surface area (Å²) in [6, 6.07) is 15.1. The zero-order valence-corrected chi connectivity index (χ0v) is 22.6. The summed E-state index contributed by atoms with van der Waals surface area (Å²) in [7, 11) is -2.26. The molecule has 10 nitrogen and oxygen atoms in total. The Morgan fingerprint density at radius 3 is 2.24 bits per heavy atom. The van der Waals surface area contributed by atoms with E-state index in [0.717, 1.165) is 5.56 Å². The highest BCUT2D eigenvalue weighted by Crippen LogP contribution is 2.17. The number of anilines is 1. The molecule has 0 spiro atoms. The van der Waals surface area contributed by atoms with Crippen molar-refractivity contribution < 1.29 is 32.2 Å². The summed E-state index contributed by atoms with van der Waals surface area (Å²) in [6.45, 7) is 5.71. The van der Waals surface area contributed by atoms with Crippen LogP contribution >= 0.6 is 0 Å². The Labute approximate surface area is 219 Å². The second-order valence-electron chi connectivity index (χ2n) is 9.44. The van der Waals surface area contributed by atoms with Gasteiger partial charge in [0.25, 0.3) is 0 Å². The predicted molar refractivity (Wildman–Crippen MR) is 142 cm³/mol. The Balaban J connectivity index is 1.85. The molecule has 2 aromatic carbocycles. The first kappa shape index (κ1) is 29.8. The van der Waals surface area contributed by atoms with Crippen LogP contribution in [0.15, 0.2) is 54.6 Å². The fraction of sp³-hybridized carbons (Fsp3) is 0.462. The number of carbonyl (C=O) groups is 2. The minimum atomic E-state index is -3.78. The first-order chi connectivity index (χ1) is 17.5. The Bertz CT molecular complexity index is 1090. The average Bonchev–Trinajstić information content (AvgIpc) is 2.82. The van der Waals surface area contributed by atoms with Gasteiger partial charge in [0.05, 0.1) is 12.9 Å². The minimum absolute atomic E-state index is 0.174. The van der Waals surface area contributed by atoms with Crippen molar-refractivity contribution in [3.63, 3.8) is 0 Å². The number of alkyl carbamates (subject to hydrolysis) is 2. The van der Waals surface area contributed by atoms with E-state index in [-0.39, 0.29) is 12.4 Å². The lowest BCUT2D eigenvalue weighted by Crippen LogP contribution is -2.43. The van der Waals surface area contributed by atoms with Crippen LogP contribution in [-0.2, 0) is 26.1 Å². The maximum absolute atomic E-state index is 12.8. The molecule has 0 saturated heterocycles. The van der Waals surface area contributed by atoms with Crippen molar-refractivity contribution in [3.05, 3.63) is 60.2 Å². The van der Waals surface area contributed by atoms with Crippen LogP contribution in [0.25, 0.3) is 0 Å². The molecule has 0 unspecified atom stereocenters. The number of hydrogen-bond acceptors (Lipinski definition) is 7. The molecule has 1 atom stereocenters. The normalized spacial score (nSPS) is 12.2. The van der Waals surface area contributed by atoms with Gasteiger partial charge in [0.1, 0.15) is 18.0 Å². The van der Waals surface area contributed by atoms with Crippen LogP contribution in [0.1, 0.15) is 45.6 Å². The van der Waals surface area contributed by atoms with Gasteiger partial charge in [0, 0.05) is 18.3 Å². The van der Waals surface area contributed by atoms with E-state index in [2.05, 4.69) is 15.4 Å². The van der Waals surface area contributed by atoms with Gasteiger partial charge < -0.3 is 24.8 Å². The fourth-order valence-corrected chi connectivity index (χ4v) is 4.66. The number of ether oxygens (including phenoxy) is 3. The van der Waals surface area contributed by atoms with Gasteiger partial charge in [-0.25, -0.2) is 18.0 Å². The monoisotopic (exact) mass is 535 g/mol. The third-order valence-corrected chi connectivity index (χ3v) is 6.35. The van der Waals surface area contributed by atoms with Crippen LogP contribution in [0.4, 0.5) is 15.3 Å². The molecule has 11 heteroatoms. The summed E-state index contributed by atoms with van der Waals surface area (Å²) >= 11 is 0. The molecule has 0 heterocycles. The first-order valence-corrected chi connectivity index (χ1v) is 13.7. The lowest BCUT2D eigenvalue weighted by Gasteiger charge is -2.24. The highest BCUT2D eigenvalue weighted by molar-refractivity contribution is 7.92. The van der Waals surface area contributed by atoms with Gasteiger partial charge in [-0.1, -0.05) is 30.3 Å². The molecule has 204 valence electrons. The number of benzene rings is 2. The molecule has 0 aromatic heterocycles. The second-order valence-corrected chi connectivity index (χ2v) is 11.2. The average molecular weight is 536 g/mol. The molecule has 0 aliphatic carbocycles. The molecule has 2 aromatic rings. The van der Waals surface area contributed by atoms with Crippen molar-refractivity contribution in [3.8, 4) is 5.75 Å². The molecular weight excluding hydrogens is 498 g/mol. The third kappa shape index (κ3) is 12.9. The number of unbranched alkanes of at least 4 members (excludes halogenated alkanes) is 1. The highest BCUT2D eigenvalue weighted by atomic mass is 32.2. The molecule has 0 aliphatic heterocycles. The van der Waals surface area contributed by atoms with Crippen molar-refractivity contribution in [2.75, 3.05) is 24.1 Å². The molecular formula is C26H37N3O7S. The Morgan fingerprint density at radius 2 is 1.62 bits per heavy atom. The first-order valence-electron chi connectivity index (χ1n) is 12.0. The van der Waals surface area contributed by atoms with Crippen molar-refractivity contribution in [1.29, 1.82) is 0 Å². The molecule has 0 radical (unpaired) electrons. The van der Waals surface area contributed by atoms with Gasteiger partial charge in [-0.15, -0.1) is 0 Å². The molecule has 3 N–H and O–H groups in total. The van der Waals surface area contributed by atoms with E-state index in [1.54, 1.807) is 45.0 Å². The molecule has 0 fully saturated rings. The van der Waals surface area contributed by atoms with E-state index in [1.165, 1.54) is 7.11 Å². The van der Waals surface area contributed by atoms with Crippen molar-refractivity contribution in [1.82, 2.24) is 10.6 Å². The summed E-state index contributed by atoms with van der Waals surface area (Å²) < 4.78 is 43.7. The molecule has 2 amide bonds. The molecule has 0 saturated carbocycles. The second kappa shape index (κ2) is 14.3. The molecule has 2 rings (SSSR count). The maximum atomic E-state index is 12.8. The van der Waals surface area contributed by atoms with Crippen LogP contribution in [0.5, 0.6) is 5.75 Å². The zero-order chi connectivity index (χ0) is 27.3.